The van der Waals surface area contributed by atoms with Crippen LogP contribution < -0.4 is 0 Å². The van der Waals surface area contributed by atoms with E-state index in [0.29, 0.717) is 19.4 Å². The van der Waals surface area contributed by atoms with Crippen LogP contribution in [0.15, 0.2) is 24.3 Å². The van der Waals surface area contributed by atoms with Crippen LogP contribution in [0.4, 0.5) is 0 Å². The zero-order valence-electron chi connectivity index (χ0n) is 21.8. The van der Waals surface area contributed by atoms with E-state index in [9.17, 15) is 19.5 Å². The van der Waals surface area contributed by atoms with Crippen LogP contribution in [0.5, 0.6) is 0 Å². The molecular weight excluding hydrogens is 448 g/mol. The minimum Gasteiger partial charge on any atom is -0.465 e. The Balaban J connectivity index is 1.96. The van der Waals surface area contributed by atoms with Crippen LogP contribution in [0.3, 0.4) is 0 Å². The molecule has 194 valence electrons. The summed E-state index contributed by atoms with van der Waals surface area (Å²) in [5, 5.41) is 10.3. The smallest absolute Gasteiger partial charge is 0.313 e. The SMILES string of the molecule is CC[C@]12/C=C\CCCOC(=O)[C@H]1[C@H]1C(=O)N([C@@H](CO)C(C)C)C3C(=O)N(C(C)(C)C)CC=C[C@@]31O2. The fourth-order valence-electron chi connectivity index (χ4n) is 6.40. The first-order chi connectivity index (χ1) is 16.4. The molecule has 4 aliphatic rings. The first kappa shape index (κ1) is 25.9. The van der Waals surface area contributed by atoms with Crippen LogP contribution in [-0.2, 0) is 23.9 Å². The summed E-state index contributed by atoms with van der Waals surface area (Å²) in [6.45, 7) is 12.0. The number of cyclic esters (lactones) is 1. The van der Waals surface area contributed by atoms with Gasteiger partial charge in [0.1, 0.15) is 23.2 Å². The number of aliphatic hydroxyl groups is 1. The van der Waals surface area contributed by atoms with Gasteiger partial charge in [0, 0.05) is 12.1 Å². The van der Waals surface area contributed by atoms with Crippen molar-refractivity contribution in [3.8, 4) is 0 Å². The largest absolute Gasteiger partial charge is 0.465 e. The van der Waals surface area contributed by atoms with Crippen molar-refractivity contribution < 1.29 is 29.0 Å². The quantitative estimate of drug-likeness (QED) is 0.482. The van der Waals surface area contributed by atoms with E-state index >= 15 is 0 Å². The fraction of sp³-hybridized carbons (Fsp3) is 0.741. The maximum Gasteiger partial charge on any atom is 0.313 e. The van der Waals surface area contributed by atoms with Crippen LogP contribution >= 0.6 is 0 Å². The van der Waals surface area contributed by atoms with Gasteiger partial charge in [0.15, 0.2) is 0 Å². The molecule has 0 aromatic rings. The molecular formula is C27H40N2O6. The van der Waals surface area contributed by atoms with Gasteiger partial charge in [0.05, 0.1) is 25.2 Å². The number of likely N-dealkylation sites (tertiary alicyclic amines) is 1. The molecule has 2 saturated heterocycles. The molecule has 8 heteroatoms. The molecule has 0 aliphatic carbocycles. The molecule has 1 N–H and O–H groups in total. The minimum atomic E-state index is -1.33. The highest BCUT2D eigenvalue weighted by atomic mass is 16.6. The molecule has 2 amide bonds. The van der Waals surface area contributed by atoms with Gasteiger partial charge in [-0.1, -0.05) is 45.1 Å². The predicted octanol–water partition coefficient (Wildman–Crippen LogP) is 2.45. The van der Waals surface area contributed by atoms with E-state index in [1.807, 2.05) is 65.8 Å². The zero-order valence-corrected chi connectivity index (χ0v) is 21.8. The number of amides is 2. The van der Waals surface area contributed by atoms with Crippen LogP contribution in [0.25, 0.3) is 0 Å². The van der Waals surface area contributed by atoms with Gasteiger partial charge in [-0.25, -0.2) is 0 Å². The Morgan fingerprint density at radius 3 is 2.43 bits per heavy atom. The van der Waals surface area contributed by atoms with Crippen molar-refractivity contribution in [2.45, 2.75) is 89.6 Å². The summed E-state index contributed by atoms with van der Waals surface area (Å²) in [6.07, 6.45) is 9.55. The molecule has 4 heterocycles. The van der Waals surface area contributed by atoms with Gasteiger partial charge in [0.25, 0.3) is 0 Å². The number of esters is 1. The Hall–Kier alpha value is -2.19. The van der Waals surface area contributed by atoms with Gasteiger partial charge < -0.3 is 24.4 Å². The van der Waals surface area contributed by atoms with Gasteiger partial charge in [-0.05, 0) is 46.0 Å². The van der Waals surface area contributed by atoms with E-state index in [1.54, 1.807) is 4.90 Å². The predicted molar refractivity (Wildman–Crippen MR) is 130 cm³/mol. The number of rotatable bonds is 4. The molecule has 6 atom stereocenters. The average Bonchev–Trinajstić information content (AvgIpc) is 3.15. The monoisotopic (exact) mass is 488 g/mol. The van der Waals surface area contributed by atoms with E-state index in [2.05, 4.69) is 0 Å². The van der Waals surface area contributed by atoms with Crippen LogP contribution in [0.2, 0.25) is 0 Å². The first-order valence-electron chi connectivity index (χ1n) is 12.9. The molecule has 4 aliphatic heterocycles. The summed E-state index contributed by atoms with van der Waals surface area (Å²) in [5.74, 6) is -2.93. The number of carbonyl (C=O) groups excluding carboxylic acids is 3. The summed E-state index contributed by atoms with van der Waals surface area (Å²) >= 11 is 0. The summed E-state index contributed by atoms with van der Waals surface area (Å²) in [7, 11) is 0. The van der Waals surface area contributed by atoms with Crippen molar-refractivity contribution in [3.05, 3.63) is 24.3 Å². The average molecular weight is 489 g/mol. The number of hydrogen-bond donors (Lipinski definition) is 1. The van der Waals surface area contributed by atoms with Gasteiger partial charge in [-0.2, -0.15) is 0 Å². The third kappa shape index (κ3) is 3.84. The van der Waals surface area contributed by atoms with Crippen molar-refractivity contribution in [2.24, 2.45) is 17.8 Å². The number of hydrogen-bond acceptors (Lipinski definition) is 6. The summed E-state index contributed by atoms with van der Waals surface area (Å²) < 4.78 is 12.5. The summed E-state index contributed by atoms with van der Waals surface area (Å²) in [4.78, 5) is 45.4. The molecule has 0 aromatic carbocycles. The van der Waals surface area contributed by atoms with Gasteiger partial charge >= 0.3 is 5.97 Å². The van der Waals surface area contributed by atoms with E-state index in [0.717, 1.165) is 6.42 Å². The number of aliphatic hydroxyl groups excluding tert-OH is 1. The fourth-order valence-corrected chi connectivity index (χ4v) is 6.40. The molecule has 35 heavy (non-hydrogen) atoms. The lowest BCUT2D eigenvalue weighted by molar-refractivity contribution is -0.164. The first-order valence-corrected chi connectivity index (χ1v) is 12.9. The highest BCUT2D eigenvalue weighted by Crippen LogP contribution is 2.59. The number of nitrogens with zero attached hydrogens (tertiary/aromatic N) is 2. The Kier molecular flexibility index (Phi) is 6.68. The highest BCUT2D eigenvalue weighted by Gasteiger charge is 2.76. The van der Waals surface area contributed by atoms with Crippen molar-refractivity contribution in [2.75, 3.05) is 19.8 Å². The van der Waals surface area contributed by atoms with Crippen LogP contribution in [0.1, 0.15) is 60.8 Å². The zero-order chi connectivity index (χ0) is 25.8. The standard InChI is InChI=1S/C27H40N2O6/c1-7-26-12-9-8-10-15-34-24(33)20(26)19-22(31)29(18(16-30)17(2)3)21-23(32)28(25(4,5)6)14-11-13-27(19,21)35-26/h9,11-13,17-21,30H,7-8,10,14-16H2,1-6H3/b12-9-/t18-,19-,20+,21?,26-,27-/m0/s1. The second-order valence-electron chi connectivity index (χ2n) is 11.6. The summed E-state index contributed by atoms with van der Waals surface area (Å²) in [6, 6.07) is -1.58. The normalized spacial score (nSPS) is 37.1. The second-order valence-corrected chi connectivity index (χ2v) is 11.6. The third-order valence-electron chi connectivity index (χ3n) is 8.19. The number of carbonyl (C=O) groups is 3. The minimum absolute atomic E-state index is 0.105. The number of fused-ring (bicyclic) bond motifs is 2. The molecule has 0 radical (unpaired) electrons. The van der Waals surface area contributed by atoms with Gasteiger partial charge in [-0.3, -0.25) is 14.4 Å². The second kappa shape index (κ2) is 9.04. The van der Waals surface area contributed by atoms with Crippen LogP contribution in [-0.4, -0.2) is 81.3 Å². The Labute approximate surface area is 208 Å². The Morgan fingerprint density at radius 1 is 1.11 bits per heavy atom. The van der Waals surface area contributed by atoms with Crippen molar-refractivity contribution in [3.63, 3.8) is 0 Å². The number of ether oxygens (including phenoxy) is 2. The molecule has 8 nitrogen and oxygen atoms in total. The molecule has 2 fully saturated rings. The number of allylic oxidation sites excluding steroid dienone is 1. The molecule has 0 bridgehead atoms. The van der Waals surface area contributed by atoms with Crippen molar-refractivity contribution in [1.82, 2.24) is 9.80 Å². The lowest BCUT2D eigenvalue weighted by atomic mass is 9.73. The van der Waals surface area contributed by atoms with Crippen molar-refractivity contribution in [1.29, 1.82) is 0 Å². The molecule has 4 rings (SSSR count). The lowest BCUT2D eigenvalue weighted by Crippen LogP contribution is -2.62. The Morgan fingerprint density at radius 2 is 1.83 bits per heavy atom. The van der Waals surface area contributed by atoms with Gasteiger partial charge in [0.2, 0.25) is 11.8 Å². The van der Waals surface area contributed by atoms with Crippen LogP contribution in [0, 0.1) is 17.8 Å². The molecule has 0 aromatic heterocycles. The molecule has 0 saturated carbocycles. The lowest BCUT2D eigenvalue weighted by Gasteiger charge is -2.44. The van der Waals surface area contributed by atoms with Crippen molar-refractivity contribution >= 4 is 17.8 Å². The third-order valence-corrected chi connectivity index (χ3v) is 8.19. The highest BCUT2D eigenvalue weighted by molar-refractivity contribution is 5.99. The summed E-state index contributed by atoms with van der Waals surface area (Å²) in [5.41, 5.74) is -2.88. The van der Waals surface area contributed by atoms with Gasteiger partial charge in [-0.15, -0.1) is 0 Å². The van der Waals surface area contributed by atoms with E-state index < -0.39 is 46.6 Å². The molecule has 1 unspecified atom stereocenters. The maximum atomic E-state index is 14.3. The van der Waals surface area contributed by atoms with E-state index in [-0.39, 0.29) is 30.9 Å². The topological polar surface area (TPSA) is 96.4 Å². The molecule has 1 spiro atoms. The maximum absolute atomic E-state index is 14.3. The Bertz CT molecular complexity index is 936. The van der Waals surface area contributed by atoms with E-state index in [4.69, 9.17) is 9.47 Å². The van der Waals surface area contributed by atoms with E-state index in [1.165, 1.54) is 4.90 Å².